The van der Waals surface area contributed by atoms with E-state index in [2.05, 4.69) is 22.4 Å². The van der Waals surface area contributed by atoms with Gasteiger partial charge in [0.2, 0.25) is 11.7 Å². The van der Waals surface area contributed by atoms with Crippen LogP contribution in [0, 0.1) is 6.92 Å². The second-order valence-electron chi connectivity index (χ2n) is 6.44. The van der Waals surface area contributed by atoms with Crippen molar-refractivity contribution in [3.05, 3.63) is 35.7 Å². The zero-order valence-electron chi connectivity index (χ0n) is 14.5. The number of aromatic nitrogens is 2. The fourth-order valence-corrected chi connectivity index (χ4v) is 2.93. The number of carbonyl (C=O) groups is 1. The molecule has 0 spiro atoms. The second kappa shape index (κ2) is 7.03. The van der Waals surface area contributed by atoms with E-state index in [-0.39, 0.29) is 18.1 Å². The maximum Gasteiger partial charge on any atom is 0.318 e. The molecule has 24 heavy (non-hydrogen) atoms. The summed E-state index contributed by atoms with van der Waals surface area (Å²) in [5.74, 6) is 1.09. The normalized spacial score (nSPS) is 18.6. The number of likely N-dealkylation sites (tertiary alicyclic amines) is 1. The lowest BCUT2D eigenvalue weighted by atomic mass is 10.1. The fourth-order valence-electron chi connectivity index (χ4n) is 2.93. The minimum Gasteiger partial charge on any atom is -0.337 e. The Labute approximate surface area is 142 Å². The minimum atomic E-state index is -0.139. The third kappa shape index (κ3) is 3.42. The number of nitrogens with zero attached hydrogens (tertiary/aromatic N) is 3. The summed E-state index contributed by atoms with van der Waals surface area (Å²) in [7, 11) is 0. The molecular formula is C18H24N4O2. The van der Waals surface area contributed by atoms with Crippen LogP contribution >= 0.6 is 0 Å². The number of aryl methyl sites for hydroxylation is 1. The number of nitrogens with one attached hydrogen (secondary N) is 1. The highest BCUT2D eigenvalue weighted by molar-refractivity contribution is 5.75. The van der Waals surface area contributed by atoms with Crippen molar-refractivity contribution >= 4 is 6.03 Å². The Kier molecular flexibility index (Phi) is 4.83. The van der Waals surface area contributed by atoms with Crippen LogP contribution in [0.25, 0.3) is 11.4 Å². The van der Waals surface area contributed by atoms with Gasteiger partial charge in [-0.25, -0.2) is 4.79 Å². The molecule has 2 aromatic rings. The first kappa shape index (κ1) is 16.5. The smallest absolute Gasteiger partial charge is 0.318 e. The lowest BCUT2D eigenvalue weighted by Gasteiger charge is -2.24. The first-order valence-corrected chi connectivity index (χ1v) is 8.56. The van der Waals surface area contributed by atoms with E-state index in [1.165, 1.54) is 0 Å². The maximum absolute atomic E-state index is 12.4. The monoisotopic (exact) mass is 328 g/mol. The summed E-state index contributed by atoms with van der Waals surface area (Å²) in [5.41, 5.74) is 2.08. The standard InChI is InChI=1S/C18H24N4O2/c1-4-13(3)19-18(23)22-10-6-9-15(22)17-20-16(21-24-17)14-8-5-7-12(2)11-14/h5,7-8,11,13,15H,4,6,9-10H2,1-3H3,(H,19,23). The van der Waals surface area contributed by atoms with Crippen LogP contribution < -0.4 is 5.32 Å². The lowest BCUT2D eigenvalue weighted by molar-refractivity contribution is 0.177. The van der Waals surface area contributed by atoms with Crippen LogP contribution in [0.2, 0.25) is 0 Å². The zero-order chi connectivity index (χ0) is 17.1. The molecule has 2 heterocycles. The van der Waals surface area contributed by atoms with E-state index >= 15 is 0 Å². The molecule has 1 fully saturated rings. The molecule has 3 rings (SSSR count). The Bertz CT molecular complexity index is 713. The highest BCUT2D eigenvalue weighted by Crippen LogP contribution is 2.32. The number of carbonyl (C=O) groups excluding carboxylic acids is 1. The van der Waals surface area contributed by atoms with E-state index in [1.54, 1.807) is 4.90 Å². The van der Waals surface area contributed by atoms with Crippen LogP contribution in [0.15, 0.2) is 28.8 Å². The van der Waals surface area contributed by atoms with E-state index in [0.717, 1.165) is 36.9 Å². The van der Waals surface area contributed by atoms with Gasteiger partial charge in [-0.3, -0.25) is 0 Å². The van der Waals surface area contributed by atoms with Gasteiger partial charge in [-0.1, -0.05) is 35.8 Å². The van der Waals surface area contributed by atoms with Gasteiger partial charge < -0.3 is 14.7 Å². The molecule has 6 heteroatoms. The van der Waals surface area contributed by atoms with Gasteiger partial charge in [-0.05, 0) is 39.2 Å². The third-order valence-corrected chi connectivity index (χ3v) is 4.50. The van der Waals surface area contributed by atoms with Crippen molar-refractivity contribution in [2.24, 2.45) is 0 Å². The second-order valence-corrected chi connectivity index (χ2v) is 6.44. The predicted octanol–water partition coefficient (Wildman–Crippen LogP) is 3.69. The summed E-state index contributed by atoms with van der Waals surface area (Å²) in [4.78, 5) is 18.8. The van der Waals surface area contributed by atoms with E-state index < -0.39 is 0 Å². The van der Waals surface area contributed by atoms with E-state index in [9.17, 15) is 4.79 Å². The third-order valence-electron chi connectivity index (χ3n) is 4.50. The molecule has 1 aliphatic rings. The molecule has 2 amide bonds. The quantitative estimate of drug-likeness (QED) is 0.929. The summed E-state index contributed by atoms with van der Waals surface area (Å²) in [6, 6.07) is 7.96. The van der Waals surface area contributed by atoms with Gasteiger partial charge in [0.1, 0.15) is 6.04 Å². The average molecular weight is 328 g/mol. The Morgan fingerprint density at radius 1 is 1.50 bits per heavy atom. The van der Waals surface area contributed by atoms with Crippen molar-refractivity contribution in [1.29, 1.82) is 0 Å². The predicted molar refractivity (Wildman–Crippen MR) is 91.4 cm³/mol. The van der Waals surface area contributed by atoms with Gasteiger partial charge in [0.05, 0.1) is 0 Å². The van der Waals surface area contributed by atoms with Crippen LogP contribution in [0.1, 0.15) is 50.6 Å². The molecule has 1 saturated heterocycles. The molecule has 1 aliphatic heterocycles. The largest absolute Gasteiger partial charge is 0.337 e. The van der Waals surface area contributed by atoms with Crippen molar-refractivity contribution in [2.45, 2.75) is 52.1 Å². The summed E-state index contributed by atoms with van der Waals surface area (Å²) >= 11 is 0. The summed E-state index contributed by atoms with van der Waals surface area (Å²) < 4.78 is 5.47. The Balaban J connectivity index is 1.77. The zero-order valence-corrected chi connectivity index (χ0v) is 14.5. The number of urea groups is 1. The molecule has 128 valence electrons. The molecule has 2 unspecified atom stereocenters. The molecule has 0 bridgehead atoms. The van der Waals surface area contributed by atoms with Crippen LogP contribution in [-0.4, -0.2) is 33.7 Å². The highest BCUT2D eigenvalue weighted by atomic mass is 16.5. The van der Waals surface area contributed by atoms with Crippen molar-refractivity contribution in [3.63, 3.8) is 0 Å². The lowest BCUT2D eigenvalue weighted by Crippen LogP contribution is -2.43. The Morgan fingerprint density at radius 3 is 3.08 bits per heavy atom. The topological polar surface area (TPSA) is 71.3 Å². The van der Waals surface area contributed by atoms with Gasteiger partial charge in [0.15, 0.2) is 0 Å². The number of hydrogen-bond acceptors (Lipinski definition) is 4. The Morgan fingerprint density at radius 2 is 2.33 bits per heavy atom. The van der Waals surface area contributed by atoms with E-state index in [4.69, 9.17) is 4.52 Å². The molecule has 1 aromatic carbocycles. The molecule has 1 aromatic heterocycles. The van der Waals surface area contributed by atoms with Gasteiger partial charge in [0.25, 0.3) is 0 Å². The van der Waals surface area contributed by atoms with Crippen LogP contribution in [-0.2, 0) is 0 Å². The first-order valence-electron chi connectivity index (χ1n) is 8.56. The van der Waals surface area contributed by atoms with Crippen molar-refractivity contribution in [1.82, 2.24) is 20.4 Å². The molecule has 1 N–H and O–H groups in total. The van der Waals surface area contributed by atoms with Crippen molar-refractivity contribution < 1.29 is 9.32 Å². The van der Waals surface area contributed by atoms with Gasteiger partial charge in [-0.2, -0.15) is 4.98 Å². The fraction of sp³-hybridized carbons (Fsp3) is 0.500. The number of rotatable bonds is 4. The molecule has 0 aliphatic carbocycles. The van der Waals surface area contributed by atoms with Crippen molar-refractivity contribution in [2.75, 3.05) is 6.54 Å². The van der Waals surface area contributed by atoms with E-state index in [1.807, 2.05) is 38.1 Å². The van der Waals surface area contributed by atoms with E-state index in [0.29, 0.717) is 11.7 Å². The average Bonchev–Trinajstić information content (AvgIpc) is 3.23. The molecular weight excluding hydrogens is 304 g/mol. The maximum atomic E-state index is 12.4. The first-order chi connectivity index (χ1) is 11.6. The Hall–Kier alpha value is -2.37. The highest BCUT2D eigenvalue weighted by Gasteiger charge is 2.34. The van der Waals surface area contributed by atoms with Crippen LogP contribution in [0.4, 0.5) is 4.79 Å². The number of benzene rings is 1. The van der Waals surface area contributed by atoms with Crippen LogP contribution in [0.5, 0.6) is 0 Å². The molecule has 6 nitrogen and oxygen atoms in total. The SMILES string of the molecule is CCC(C)NC(=O)N1CCCC1c1nc(-c2cccc(C)c2)no1. The number of hydrogen-bond donors (Lipinski definition) is 1. The van der Waals surface area contributed by atoms with Gasteiger partial charge in [0, 0.05) is 18.2 Å². The van der Waals surface area contributed by atoms with Gasteiger partial charge in [-0.15, -0.1) is 0 Å². The number of amides is 2. The van der Waals surface area contributed by atoms with Gasteiger partial charge >= 0.3 is 6.03 Å². The minimum absolute atomic E-state index is 0.0536. The summed E-state index contributed by atoms with van der Waals surface area (Å²) in [6.07, 6.45) is 2.70. The molecule has 0 radical (unpaired) electrons. The summed E-state index contributed by atoms with van der Waals surface area (Å²) in [6.45, 7) is 6.81. The van der Waals surface area contributed by atoms with Crippen molar-refractivity contribution in [3.8, 4) is 11.4 Å². The molecule has 2 atom stereocenters. The summed E-state index contributed by atoms with van der Waals surface area (Å²) in [5, 5.41) is 7.11. The molecule has 0 saturated carbocycles. The van der Waals surface area contributed by atoms with Crippen LogP contribution in [0.3, 0.4) is 0 Å².